The van der Waals surface area contributed by atoms with Gasteiger partial charge in [-0.25, -0.2) is 13.4 Å². The number of sulfone groups is 1. The molecule has 1 unspecified atom stereocenters. The average Bonchev–Trinajstić information content (AvgIpc) is 3.37. The van der Waals surface area contributed by atoms with Crippen molar-refractivity contribution >= 4 is 54.7 Å². The Labute approximate surface area is 201 Å². The quantitative estimate of drug-likeness (QED) is 0.387. The third-order valence-electron chi connectivity index (χ3n) is 5.52. The summed E-state index contributed by atoms with van der Waals surface area (Å²) < 4.78 is 24.8. The fourth-order valence-corrected chi connectivity index (χ4v) is 8.49. The summed E-state index contributed by atoms with van der Waals surface area (Å²) in [5.41, 5.74) is 3.43. The van der Waals surface area contributed by atoms with Crippen LogP contribution in [0.1, 0.15) is 27.3 Å². The summed E-state index contributed by atoms with van der Waals surface area (Å²) in [7, 11) is -2.96. The zero-order valence-corrected chi connectivity index (χ0v) is 20.2. The maximum Gasteiger partial charge on any atom is 0.256 e. The highest BCUT2D eigenvalue weighted by Crippen LogP contribution is 2.33. The van der Waals surface area contributed by atoms with E-state index >= 15 is 0 Å². The molecule has 1 amide bonds. The van der Waals surface area contributed by atoms with Gasteiger partial charge in [-0.2, -0.15) is 0 Å². The number of nitrogens with one attached hydrogen (secondary N) is 1. The van der Waals surface area contributed by atoms with Gasteiger partial charge in [0, 0.05) is 22.3 Å². The molecule has 8 heteroatoms. The van der Waals surface area contributed by atoms with Gasteiger partial charge in [-0.15, -0.1) is 23.1 Å². The minimum atomic E-state index is -2.96. The maximum absolute atomic E-state index is 13.0. The number of thioether (sulfide) groups is 1. The van der Waals surface area contributed by atoms with Crippen molar-refractivity contribution in [1.82, 2.24) is 4.98 Å². The molecular formula is C25H22N2O3S3. The fraction of sp³-hybridized carbons (Fsp3) is 0.200. The molecule has 4 aromatic rings. The second kappa shape index (κ2) is 9.29. The Bertz CT molecular complexity index is 1380. The smallest absolute Gasteiger partial charge is 0.256 e. The summed E-state index contributed by atoms with van der Waals surface area (Å²) in [4.78, 5) is 18.5. The molecule has 1 atom stereocenters. The number of aromatic nitrogens is 1. The van der Waals surface area contributed by atoms with Gasteiger partial charge in [0.2, 0.25) is 0 Å². The van der Waals surface area contributed by atoms with Crippen LogP contribution >= 0.6 is 23.1 Å². The molecule has 1 aliphatic heterocycles. The summed E-state index contributed by atoms with van der Waals surface area (Å²) in [6, 6.07) is 23.3. The first kappa shape index (κ1) is 22.1. The lowest BCUT2D eigenvalue weighted by Gasteiger charge is -2.13. The van der Waals surface area contributed by atoms with Gasteiger partial charge in [0.25, 0.3) is 5.91 Å². The summed E-state index contributed by atoms with van der Waals surface area (Å²) in [6.07, 6.45) is 1.37. The van der Waals surface area contributed by atoms with E-state index in [1.807, 2.05) is 60.7 Å². The Morgan fingerprint density at radius 1 is 1.03 bits per heavy atom. The van der Waals surface area contributed by atoms with E-state index in [0.29, 0.717) is 12.0 Å². The first-order chi connectivity index (χ1) is 15.9. The Hall–Kier alpha value is -2.68. The highest BCUT2D eigenvalue weighted by Gasteiger charge is 2.29. The number of rotatable bonds is 6. The molecular weight excluding hydrogens is 472 g/mol. The highest BCUT2D eigenvalue weighted by atomic mass is 32.2. The average molecular weight is 495 g/mol. The van der Waals surface area contributed by atoms with Crippen LogP contribution in [0.15, 0.2) is 77.7 Å². The number of carbonyl (C=O) groups excluding carboxylic acids is 1. The Morgan fingerprint density at radius 3 is 2.55 bits per heavy atom. The van der Waals surface area contributed by atoms with Crippen molar-refractivity contribution in [3.8, 4) is 0 Å². The van der Waals surface area contributed by atoms with Crippen LogP contribution in [0.25, 0.3) is 10.2 Å². The van der Waals surface area contributed by atoms with Crippen molar-refractivity contribution in [3.05, 3.63) is 88.9 Å². The van der Waals surface area contributed by atoms with E-state index in [1.165, 1.54) is 16.5 Å². The van der Waals surface area contributed by atoms with Crippen molar-refractivity contribution in [3.63, 3.8) is 0 Å². The molecule has 0 radical (unpaired) electrons. The van der Waals surface area contributed by atoms with Gasteiger partial charge >= 0.3 is 0 Å². The van der Waals surface area contributed by atoms with Crippen LogP contribution in [-0.2, 0) is 16.3 Å². The number of carbonyl (C=O) groups is 1. The lowest BCUT2D eigenvalue weighted by Crippen LogP contribution is -2.14. The van der Waals surface area contributed by atoms with E-state index < -0.39 is 9.84 Å². The topological polar surface area (TPSA) is 76.1 Å². The number of para-hydroxylation sites is 1. The second-order valence-corrected chi connectivity index (χ2v) is 12.7. The van der Waals surface area contributed by atoms with E-state index in [9.17, 15) is 13.2 Å². The molecule has 2 heterocycles. The van der Waals surface area contributed by atoms with E-state index in [0.717, 1.165) is 33.1 Å². The van der Waals surface area contributed by atoms with Crippen LogP contribution < -0.4 is 5.32 Å². The lowest BCUT2D eigenvalue weighted by atomic mass is 10.1. The number of fused-ring (bicyclic) bond motifs is 1. The van der Waals surface area contributed by atoms with Crippen molar-refractivity contribution in [2.45, 2.75) is 23.0 Å². The molecule has 0 spiro atoms. The number of hydrogen-bond acceptors (Lipinski definition) is 6. The van der Waals surface area contributed by atoms with Crippen LogP contribution in [0.3, 0.4) is 0 Å². The molecule has 33 heavy (non-hydrogen) atoms. The SMILES string of the molecule is O=C(Nc1ccc(Cc2nc3ccccc3s2)cc1)c1ccccc1SC1CCS(=O)(=O)C1. The van der Waals surface area contributed by atoms with Crippen LogP contribution in [0.5, 0.6) is 0 Å². The molecule has 1 aromatic heterocycles. The van der Waals surface area contributed by atoms with E-state index in [1.54, 1.807) is 17.4 Å². The number of anilines is 1. The van der Waals surface area contributed by atoms with Crippen molar-refractivity contribution < 1.29 is 13.2 Å². The predicted octanol–water partition coefficient (Wildman–Crippen LogP) is 5.42. The monoisotopic (exact) mass is 494 g/mol. The Kier molecular flexibility index (Phi) is 6.23. The fourth-order valence-electron chi connectivity index (χ4n) is 3.86. The molecule has 1 saturated heterocycles. The third-order valence-corrected chi connectivity index (χ3v) is 9.88. The highest BCUT2D eigenvalue weighted by molar-refractivity contribution is 8.02. The van der Waals surface area contributed by atoms with Gasteiger partial charge in [-0.05, 0) is 48.4 Å². The summed E-state index contributed by atoms with van der Waals surface area (Å²) in [5, 5.41) is 4.02. The zero-order valence-electron chi connectivity index (χ0n) is 17.7. The minimum Gasteiger partial charge on any atom is -0.322 e. The lowest BCUT2D eigenvalue weighted by molar-refractivity contribution is 0.102. The van der Waals surface area contributed by atoms with Gasteiger partial charge in [-0.3, -0.25) is 4.79 Å². The number of amides is 1. The van der Waals surface area contributed by atoms with Gasteiger partial charge in [0.1, 0.15) is 0 Å². The largest absolute Gasteiger partial charge is 0.322 e. The molecule has 1 fully saturated rings. The van der Waals surface area contributed by atoms with Gasteiger partial charge in [0.05, 0.1) is 32.3 Å². The van der Waals surface area contributed by atoms with E-state index in [-0.39, 0.29) is 22.7 Å². The van der Waals surface area contributed by atoms with E-state index in [2.05, 4.69) is 16.4 Å². The van der Waals surface area contributed by atoms with Crippen LogP contribution in [0.4, 0.5) is 5.69 Å². The summed E-state index contributed by atoms with van der Waals surface area (Å²) >= 11 is 3.18. The van der Waals surface area contributed by atoms with Crippen LogP contribution in [-0.4, -0.2) is 36.1 Å². The summed E-state index contributed by atoms with van der Waals surface area (Å²) in [6.45, 7) is 0. The molecule has 5 rings (SSSR count). The van der Waals surface area contributed by atoms with Crippen molar-refractivity contribution in [2.24, 2.45) is 0 Å². The molecule has 1 N–H and O–H groups in total. The molecule has 1 aliphatic rings. The van der Waals surface area contributed by atoms with Crippen LogP contribution in [0.2, 0.25) is 0 Å². The first-order valence-corrected chi connectivity index (χ1v) is 14.2. The van der Waals surface area contributed by atoms with Gasteiger partial charge < -0.3 is 5.32 Å². The number of benzene rings is 3. The zero-order chi connectivity index (χ0) is 22.8. The molecule has 0 bridgehead atoms. The van der Waals surface area contributed by atoms with Gasteiger partial charge in [-0.1, -0.05) is 36.4 Å². The molecule has 3 aromatic carbocycles. The Morgan fingerprint density at radius 2 is 1.79 bits per heavy atom. The minimum absolute atomic E-state index is 0.00857. The number of hydrogen-bond donors (Lipinski definition) is 1. The molecule has 0 aliphatic carbocycles. The van der Waals surface area contributed by atoms with Crippen molar-refractivity contribution in [2.75, 3.05) is 16.8 Å². The standard InChI is InChI=1S/C25H22N2O3S3/c28-25(20-5-1-3-7-22(20)31-19-13-14-33(29,30)16-19)26-18-11-9-17(10-12-18)15-24-27-21-6-2-4-8-23(21)32-24/h1-12,19H,13-16H2,(H,26,28). The predicted molar refractivity (Wildman–Crippen MR) is 136 cm³/mol. The maximum atomic E-state index is 13.0. The van der Waals surface area contributed by atoms with Gasteiger partial charge in [0.15, 0.2) is 9.84 Å². The number of thiazole rings is 1. The van der Waals surface area contributed by atoms with Crippen molar-refractivity contribution in [1.29, 1.82) is 0 Å². The normalized spacial score (nSPS) is 17.3. The summed E-state index contributed by atoms with van der Waals surface area (Å²) in [5.74, 6) is 0.199. The van der Waals surface area contributed by atoms with Crippen LogP contribution in [0, 0.1) is 0 Å². The molecule has 168 valence electrons. The molecule has 0 saturated carbocycles. The number of nitrogens with zero attached hydrogens (tertiary/aromatic N) is 1. The second-order valence-electron chi connectivity index (χ2n) is 8.04. The third kappa shape index (κ3) is 5.29. The first-order valence-electron chi connectivity index (χ1n) is 10.7. The van der Waals surface area contributed by atoms with E-state index in [4.69, 9.17) is 0 Å². The Balaban J connectivity index is 1.25. The molecule has 5 nitrogen and oxygen atoms in total.